The van der Waals surface area contributed by atoms with Crippen LogP contribution in [0, 0.1) is 11.8 Å². The predicted octanol–water partition coefficient (Wildman–Crippen LogP) is 1.18. The number of morpholine rings is 1. The minimum atomic E-state index is -1.25. The Morgan fingerprint density at radius 2 is 1.95 bits per heavy atom. The molecular weight excluding hydrogens is 514 g/mol. The Bertz CT molecular complexity index is 1110. The number of aliphatic hydroxyl groups is 1. The fraction of sp³-hybridized carbons (Fsp3) is 0.633. The summed E-state index contributed by atoms with van der Waals surface area (Å²) in [6, 6.07) is 7.76. The Morgan fingerprint density at radius 1 is 1.23 bits per heavy atom. The maximum absolute atomic E-state index is 14.6. The van der Waals surface area contributed by atoms with Gasteiger partial charge in [-0.2, -0.15) is 0 Å². The van der Waals surface area contributed by atoms with Crippen LogP contribution < -0.4 is 0 Å². The summed E-state index contributed by atoms with van der Waals surface area (Å²) in [5, 5.41) is 20.9. The second kappa shape index (κ2) is 11.6. The summed E-state index contributed by atoms with van der Waals surface area (Å²) in [4.78, 5) is 46.9. The molecule has 5 rings (SSSR count). The number of aliphatic hydroxyl groups excluding tert-OH is 1. The van der Waals surface area contributed by atoms with E-state index in [9.17, 15) is 24.6 Å². The standard InChI is InChI=1S/C30H41N3O7/c1-3-12-32(14-13-31-15-17-39-18-16-31)27(36)25-30-11-10-29(4-2,40-30)24(28(37)38)23(30)26(35)33(25)22(20-34)19-21-8-6-5-7-9-21/h3,5-9,22-25,34H,1,4,10-20H2,2H3,(H,37,38)/t22-,23+,24-,25?,29+,30?/m1/s1. The third-order valence-electron chi connectivity index (χ3n) is 9.49. The number of nitrogens with zero attached hydrogens (tertiary/aromatic N) is 3. The van der Waals surface area contributed by atoms with Gasteiger partial charge < -0.3 is 29.5 Å². The number of ether oxygens (including phenoxy) is 2. The number of amides is 2. The summed E-state index contributed by atoms with van der Waals surface area (Å²) in [6.07, 6.45) is 3.34. The van der Waals surface area contributed by atoms with Crippen molar-refractivity contribution in [2.45, 2.75) is 55.9 Å². The first-order valence-corrected chi connectivity index (χ1v) is 14.4. The van der Waals surface area contributed by atoms with E-state index in [0.717, 1.165) is 18.7 Å². The summed E-state index contributed by atoms with van der Waals surface area (Å²) in [6.45, 7) is 9.58. The Hall–Kier alpha value is -2.79. The topological polar surface area (TPSA) is 120 Å². The van der Waals surface area contributed by atoms with Crippen LogP contribution in [0.4, 0.5) is 0 Å². The number of likely N-dealkylation sites (tertiary alicyclic amines) is 1. The van der Waals surface area contributed by atoms with E-state index in [1.54, 1.807) is 11.0 Å². The fourth-order valence-electron chi connectivity index (χ4n) is 7.55. The third-order valence-corrected chi connectivity index (χ3v) is 9.49. The molecule has 4 aliphatic heterocycles. The van der Waals surface area contributed by atoms with Gasteiger partial charge in [-0.15, -0.1) is 6.58 Å². The van der Waals surface area contributed by atoms with Crippen LogP contribution in [-0.4, -0.2) is 119 Å². The number of benzene rings is 1. The fourth-order valence-corrected chi connectivity index (χ4v) is 7.55. The highest BCUT2D eigenvalue weighted by atomic mass is 16.5. The molecule has 0 radical (unpaired) electrons. The number of fused-ring (bicyclic) bond motifs is 1. The largest absolute Gasteiger partial charge is 0.481 e. The quantitative estimate of drug-likeness (QED) is 0.369. The highest BCUT2D eigenvalue weighted by Gasteiger charge is 2.79. The van der Waals surface area contributed by atoms with Crippen LogP contribution in [0.2, 0.25) is 0 Å². The molecule has 0 aromatic heterocycles. The highest BCUT2D eigenvalue weighted by Crippen LogP contribution is 2.64. The molecule has 4 heterocycles. The third kappa shape index (κ3) is 4.74. The van der Waals surface area contributed by atoms with Crippen molar-refractivity contribution < 1.29 is 34.1 Å². The number of rotatable bonds is 12. The van der Waals surface area contributed by atoms with Gasteiger partial charge in [-0.25, -0.2) is 0 Å². The average molecular weight is 556 g/mol. The average Bonchev–Trinajstić information content (AvgIpc) is 3.58. The molecule has 2 bridgehead atoms. The summed E-state index contributed by atoms with van der Waals surface area (Å²) >= 11 is 0. The predicted molar refractivity (Wildman–Crippen MR) is 146 cm³/mol. The van der Waals surface area contributed by atoms with Crippen molar-refractivity contribution in [3.05, 3.63) is 48.6 Å². The minimum Gasteiger partial charge on any atom is -0.481 e. The van der Waals surface area contributed by atoms with E-state index in [1.807, 2.05) is 37.3 Å². The zero-order valence-corrected chi connectivity index (χ0v) is 23.2. The first-order chi connectivity index (χ1) is 19.3. The van der Waals surface area contributed by atoms with Gasteiger partial charge in [-0.3, -0.25) is 19.3 Å². The van der Waals surface area contributed by atoms with Crippen LogP contribution in [0.1, 0.15) is 31.7 Å². The molecule has 4 fully saturated rings. The molecule has 0 aliphatic carbocycles. The lowest BCUT2D eigenvalue weighted by atomic mass is 9.65. The van der Waals surface area contributed by atoms with Crippen molar-refractivity contribution in [2.24, 2.45) is 11.8 Å². The summed E-state index contributed by atoms with van der Waals surface area (Å²) in [5.74, 6) is -3.80. The zero-order chi connectivity index (χ0) is 28.5. The first-order valence-electron chi connectivity index (χ1n) is 14.4. The smallest absolute Gasteiger partial charge is 0.310 e. The molecule has 0 saturated carbocycles. The maximum atomic E-state index is 14.6. The minimum absolute atomic E-state index is 0.284. The Morgan fingerprint density at radius 3 is 2.58 bits per heavy atom. The molecule has 2 N–H and O–H groups in total. The number of aliphatic carboxylic acids is 1. The van der Waals surface area contributed by atoms with Crippen LogP contribution in [0.5, 0.6) is 0 Å². The summed E-state index contributed by atoms with van der Waals surface area (Å²) < 4.78 is 12.1. The lowest BCUT2D eigenvalue weighted by Crippen LogP contribution is -2.60. The van der Waals surface area contributed by atoms with E-state index in [4.69, 9.17) is 9.47 Å². The summed E-state index contributed by atoms with van der Waals surface area (Å²) in [5.41, 5.74) is -1.33. The molecule has 6 atom stereocenters. The van der Waals surface area contributed by atoms with E-state index in [0.29, 0.717) is 52.0 Å². The van der Waals surface area contributed by atoms with E-state index in [1.165, 1.54) is 4.90 Å². The molecular formula is C30H41N3O7. The van der Waals surface area contributed by atoms with Crippen LogP contribution in [0.3, 0.4) is 0 Å². The molecule has 40 heavy (non-hydrogen) atoms. The molecule has 10 heteroatoms. The second-order valence-electron chi connectivity index (χ2n) is 11.5. The van der Waals surface area contributed by atoms with Crippen molar-refractivity contribution in [1.82, 2.24) is 14.7 Å². The van der Waals surface area contributed by atoms with E-state index >= 15 is 0 Å². The van der Waals surface area contributed by atoms with Gasteiger partial charge in [0, 0.05) is 32.7 Å². The van der Waals surface area contributed by atoms with Crippen LogP contribution in [0.25, 0.3) is 0 Å². The van der Waals surface area contributed by atoms with Crippen LogP contribution in [-0.2, 0) is 30.3 Å². The molecule has 2 unspecified atom stereocenters. The molecule has 4 saturated heterocycles. The molecule has 1 spiro atoms. The van der Waals surface area contributed by atoms with E-state index in [2.05, 4.69) is 11.5 Å². The van der Waals surface area contributed by atoms with Crippen molar-refractivity contribution in [3.8, 4) is 0 Å². The van der Waals surface area contributed by atoms with Crippen molar-refractivity contribution in [2.75, 3.05) is 52.5 Å². The van der Waals surface area contributed by atoms with Crippen LogP contribution in [0.15, 0.2) is 43.0 Å². The molecule has 2 amide bonds. The van der Waals surface area contributed by atoms with Gasteiger partial charge in [0.1, 0.15) is 17.6 Å². The van der Waals surface area contributed by atoms with E-state index < -0.39 is 47.0 Å². The second-order valence-corrected chi connectivity index (χ2v) is 11.5. The maximum Gasteiger partial charge on any atom is 0.310 e. The Balaban J connectivity index is 1.52. The Labute approximate surface area is 235 Å². The molecule has 10 nitrogen and oxygen atoms in total. The highest BCUT2D eigenvalue weighted by molar-refractivity contribution is 5.98. The summed E-state index contributed by atoms with van der Waals surface area (Å²) in [7, 11) is 0. The van der Waals surface area contributed by atoms with Gasteiger partial charge in [0.25, 0.3) is 0 Å². The number of carboxylic acid groups (broad SMARTS) is 1. The number of carbonyl (C=O) groups excluding carboxylic acids is 2. The van der Waals surface area contributed by atoms with Crippen molar-refractivity contribution in [1.29, 1.82) is 0 Å². The first kappa shape index (κ1) is 28.7. The number of carbonyl (C=O) groups is 3. The number of carboxylic acids is 1. The molecule has 1 aromatic rings. The number of hydrogen-bond acceptors (Lipinski definition) is 7. The lowest BCUT2D eigenvalue weighted by Gasteiger charge is -2.40. The van der Waals surface area contributed by atoms with Gasteiger partial charge >= 0.3 is 5.97 Å². The van der Waals surface area contributed by atoms with E-state index in [-0.39, 0.29) is 19.1 Å². The SMILES string of the molecule is C=CCN(CCN1CCOCC1)C(=O)C1N([C@@H](CO)Cc2ccccc2)C(=O)[C@@H]2[C@H](C(=O)O)[C@]3(CC)CCC12O3. The van der Waals surface area contributed by atoms with Crippen LogP contribution >= 0.6 is 0 Å². The van der Waals surface area contributed by atoms with Gasteiger partial charge in [0.15, 0.2) is 0 Å². The molecule has 218 valence electrons. The van der Waals surface area contributed by atoms with Gasteiger partial charge in [-0.05, 0) is 31.2 Å². The van der Waals surface area contributed by atoms with Crippen molar-refractivity contribution in [3.63, 3.8) is 0 Å². The molecule has 1 aromatic carbocycles. The molecule has 4 aliphatic rings. The van der Waals surface area contributed by atoms with Gasteiger partial charge in [-0.1, -0.05) is 43.3 Å². The lowest BCUT2D eigenvalue weighted by molar-refractivity contribution is -0.160. The van der Waals surface area contributed by atoms with Crippen molar-refractivity contribution >= 4 is 17.8 Å². The normalized spacial score (nSPS) is 32.2. The van der Waals surface area contributed by atoms with Gasteiger partial charge in [0.05, 0.1) is 37.4 Å². The van der Waals surface area contributed by atoms with Gasteiger partial charge in [0.2, 0.25) is 11.8 Å². The monoisotopic (exact) mass is 555 g/mol. The Kier molecular flexibility index (Phi) is 8.33. The number of hydrogen-bond donors (Lipinski definition) is 2. The zero-order valence-electron chi connectivity index (χ0n) is 23.2.